The fourth-order valence-electron chi connectivity index (χ4n) is 1.51. The van der Waals surface area contributed by atoms with Gasteiger partial charge in [-0.25, -0.2) is 0 Å². The number of nitrogens with one attached hydrogen (secondary N) is 1. The summed E-state index contributed by atoms with van der Waals surface area (Å²) in [6, 6.07) is 4.76. The van der Waals surface area contributed by atoms with Crippen LogP contribution in [0.15, 0.2) is 18.2 Å². The van der Waals surface area contributed by atoms with Crippen molar-refractivity contribution in [1.82, 2.24) is 5.32 Å². The number of benzene rings is 1. The minimum atomic E-state index is -0.311. The highest BCUT2D eigenvalue weighted by Gasteiger charge is 2.12. The summed E-state index contributed by atoms with van der Waals surface area (Å²) < 4.78 is 10.9. The highest BCUT2D eigenvalue weighted by molar-refractivity contribution is 5.95. The van der Waals surface area contributed by atoms with Gasteiger partial charge in [0.25, 0.3) is 5.91 Å². The summed E-state index contributed by atoms with van der Waals surface area (Å²) in [4.78, 5) is 11.9. The maximum absolute atomic E-state index is 11.9. The second-order valence-corrected chi connectivity index (χ2v) is 3.89. The van der Waals surface area contributed by atoms with Gasteiger partial charge in [0.15, 0.2) is 11.5 Å². The number of carbonyl (C=O) groups excluding carboxylic acids is 1. The van der Waals surface area contributed by atoms with Gasteiger partial charge in [-0.05, 0) is 39.0 Å². The number of rotatable bonds is 6. The van der Waals surface area contributed by atoms with Crippen molar-refractivity contribution >= 4 is 5.91 Å². The molecule has 0 saturated heterocycles. The van der Waals surface area contributed by atoms with Gasteiger partial charge in [0.1, 0.15) is 0 Å². The van der Waals surface area contributed by atoms with Crippen LogP contribution in [0.25, 0.3) is 0 Å². The van der Waals surface area contributed by atoms with Crippen molar-refractivity contribution < 1.29 is 14.3 Å². The first kappa shape index (κ1) is 14.9. The van der Waals surface area contributed by atoms with Crippen LogP contribution in [0.1, 0.15) is 31.1 Å². The average molecular weight is 261 g/mol. The molecule has 4 heteroatoms. The molecule has 1 atom stereocenters. The third kappa shape index (κ3) is 4.22. The Hall–Kier alpha value is -2.15. The Morgan fingerprint density at radius 2 is 1.95 bits per heavy atom. The molecule has 0 heterocycles. The van der Waals surface area contributed by atoms with E-state index in [-0.39, 0.29) is 11.9 Å². The van der Waals surface area contributed by atoms with Crippen LogP contribution in [0.3, 0.4) is 0 Å². The van der Waals surface area contributed by atoms with Gasteiger partial charge in [0, 0.05) is 5.56 Å². The van der Waals surface area contributed by atoms with Gasteiger partial charge in [0.2, 0.25) is 0 Å². The molecule has 0 aliphatic carbocycles. The highest BCUT2D eigenvalue weighted by atomic mass is 16.5. The van der Waals surface area contributed by atoms with Crippen molar-refractivity contribution in [3.8, 4) is 23.8 Å². The summed E-state index contributed by atoms with van der Waals surface area (Å²) in [7, 11) is 0. The molecular weight excluding hydrogens is 242 g/mol. The number of carbonyl (C=O) groups is 1. The van der Waals surface area contributed by atoms with E-state index in [1.165, 1.54) is 0 Å². The first-order chi connectivity index (χ1) is 9.12. The molecule has 0 bridgehead atoms. The molecule has 0 spiro atoms. The second-order valence-electron chi connectivity index (χ2n) is 3.89. The van der Waals surface area contributed by atoms with E-state index >= 15 is 0 Å². The molecule has 1 aromatic carbocycles. The molecule has 0 saturated carbocycles. The van der Waals surface area contributed by atoms with Crippen LogP contribution in [0.5, 0.6) is 11.5 Å². The summed E-state index contributed by atoms with van der Waals surface area (Å²) in [5.41, 5.74) is 0.494. The van der Waals surface area contributed by atoms with E-state index in [9.17, 15) is 4.79 Å². The Balaban J connectivity index is 2.94. The summed E-state index contributed by atoms with van der Waals surface area (Å²) in [6.07, 6.45) is 5.23. The maximum atomic E-state index is 11.9. The van der Waals surface area contributed by atoms with E-state index in [0.29, 0.717) is 30.3 Å². The lowest BCUT2D eigenvalue weighted by Crippen LogP contribution is -2.31. The number of hydrogen-bond acceptors (Lipinski definition) is 3. The van der Waals surface area contributed by atoms with E-state index in [1.54, 1.807) is 25.1 Å². The van der Waals surface area contributed by atoms with Gasteiger partial charge >= 0.3 is 0 Å². The smallest absolute Gasteiger partial charge is 0.252 e. The Kier molecular flexibility index (Phi) is 5.74. The standard InChI is InChI=1S/C15H19NO3/c1-5-11(4)16-15(17)12-8-9-13(18-6-2)14(10-12)19-7-3/h1,8-11H,6-7H2,2-4H3,(H,16,17). The lowest BCUT2D eigenvalue weighted by molar-refractivity contribution is 0.0947. The molecule has 1 unspecified atom stereocenters. The Bertz CT molecular complexity index is 477. The van der Waals surface area contributed by atoms with Gasteiger partial charge < -0.3 is 14.8 Å². The predicted molar refractivity (Wildman–Crippen MR) is 74.5 cm³/mol. The third-order valence-electron chi connectivity index (χ3n) is 2.40. The summed E-state index contributed by atoms with van der Waals surface area (Å²) in [6.45, 7) is 6.56. The van der Waals surface area contributed by atoms with Gasteiger partial charge in [-0.3, -0.25) is 4.79 Å². The van der Waals surface area contributed by atoms with Gasteiger partial charge in [-0.1, -0.05) is 5.92 Å². The lowest BCUT2D eigenvalue weighted by Gasteiger charge is -2.13. The van der Waals surface area contributed by atoms with E-state index in [4.69, 9.17) is 15.9 Å². The minimum absolute atomic E-state index is 0.227. The summed E-state index contributed by atoms with van der Waals surface area (Å²) in [5, 5.41) is 2.70. The van der Waals surface area contributed by atoms with Crippen LogP contribution in [0.2, 0.25) is 0 Å². The van der Waals surface area contributed by atoms with Crippen molar-refractivity contribution in [1.29, 1.82) is 0 Å². The predicted octanol–water partition coefficient (Wildman–Crippen LogP) is 2.24. The van der Waals surface area contributed by atoms with Gasteiger partial charge in [-0.2, -0.15) is 0 Å². The van der Waals surface area contributed by atoms with Crippen LogP contribution in [-0.2, 0) is 0 Å². The first-order valence-corrected chi connectivity index (χ1v) is 6.29. The molecule has 1 amide bonds. The van der Waals surface area contributed by atoms with Gasteiger partial charge in [-0.15, -0.1) is 6.42 Å². The molecule has 0 aliphatic rings. The topological polar surface area (TPSA) is 47.6 Å². The zero-order chi connectivity index (χ0) is 14.3. The second kappa shape index (κ2) is 7.32. The van der Waals surface area contributed by atoms with Crippen molar-refractivity contribution in [2.45, 2.75) is 26.8 Å². The van der Waals surface area contributed by atoms with E-state index in [1.807, 2.05) is 13.8 Å². The quantitative estimate of drug-likeness (QED) is 0.799. The third-order valence-corrected chi connectivity index (χ3v) is 2.40. The van der Waals surface area contributed by atoms with Crippen LogP contribution in [-0.4, -0.2) is 25.2 Å². The molecule has 0 aromatic heterocycles. The molecule has 0 fully saturated rings. The fourth-order valence-corrected chi connectivity index (χ4v) is 1.51. The molecular formula is C15H19NO3. The monoisotopic (exact) mass is 261 g/mol. The molecule has 1 rings (SSSR count). The van der Waals surface area contributed by atoms with E-state index in [0.717, 1.165) is 0 Å². The normalized spacial score (nSPS) is 11.3. The lowest BCUT2D eigenvalue weighted by atomic mass is 10.1. The van der Waals surface area contributed by atoms with E-state index < -0.39 is 0 Å². The molecule has 0 aliphatic heterocycles. The van der Waals surface area contributed by atoms with Crippen molar-refractivity contribution in [2.75, 3.05) is 13.2 Å². The Labute approximate surface area is 114 Å². The average Bonchev–Trinajstić information content (AvgIpc) is 2.41. The zero-order valence-electron chi connectivity index (χ0n) is 11.5. The van der Waals surface area contributed by atoms with Crippen LogP contribution in [0.4, 0.5) is 0 Å². The fraction of sp³-hybridized carbons (Fsp3) is 0.400. The number of hydrogen-bond donors (Lipinski definition) is 1. The highest BCUT2D eigenvalue weighted by Crippen LogP contribution is 2.28. The van der Waals surface area contributed by atoms with Crippen LogP contribution < -0.4 is 14.8 Å². The molecule has 1 N–H and O–H groups in total. The molecule has 0 radical (unpaired) electrons. The largest absolute Gasteiger partial charge is 0.490 e. The first-order valence-electron chi connectivity index (χ1n) is 6.29. The summed E-state index contributed by atoms with van der Waals surface area (Å²) >= 11 is 0. The maximum Gasteiger partial charge on any atom is 0.252 e. The van der Waals surface area contributed by atoms with Crippen LogP contribution >= 0.6 is 0 Å². The number of amides is 1. The minimum Gasteiger partial charge on any atom is -0.490 e. The Morgan fingerprint density at radius 3 is 2.53 bits per heavy atom. The zero-order valence-corrected chi connectivity index (χ0v) is 11.5. The number of terminal acetylenes is 1. The van der Waals surface area contributed by atoms with Crippen molar-refractivity contribution in [3.05, 3.63) is 23.8 Å². The van der Waals surface area contributed by atoms with Crippen molar-refractivity contribution in [3.63, 3.8) is 0 Å². The van der Waals surface area contributed by atoms with E-state index in [2.05, 4.69) is 11.2 Å². The number of ether oxygens (including phenoxy) is 2. The summed E-state index contributed by atoms with van der Waals surface area (Å²) in [5.74, 6) is 3.41. The van der Waals surface area contributed by atoms with Gasteiger partial charge in [0.05, 0.1) is 19.3 Å². The molecule has 4 nitrogen and oxygen atoms in total. The van der Waals surface area contributed by atoms with Crippen molar-refractivity contribution in [2.24, 2.45) is 0 Å². The Morgan fingerprint density at radius 1 is 1.32 bits per heavy atom. The molecule has 102 valence electrons. The SMILES string of the molecule is C#CC(C)NC(=O)c1ccc(OCC)c(OCC)c1. The molecule has 1 aromatic rings. The molecule has 19 heavy (non-hydrogen) atoms. The van der Waals surface area contributed by atoms with Crippen LogP contribution in [0, 0.1) is 12.3 Å².